The Morgan fingerprint density at radius 1 is 1.38 bits per heavy atom. The summed E-state index contributed by atoms with van der Waals surface area (Å²) in [5.41, 5.74) is 0. The van der Waals surface area contributed by atoms with Crippen LogP contribution < -0.4 is 10.0 Å². The number of sulfonamides is 1. The van der Waals surface area contributed by atoms with Crippen molar-refractivity contribution in [2.24, 2.45) is 0 Å². The largest absolute Gasteiger partial charge is 0.372 e. The molecule has 2 N–H and O–H groups in total. The Bertz CT molecular complexity index is 637. The zero-order chi connectivity index (χ0) is 15.0. The van der Waals surface area contributed by atoms with E-state index in [9.17, 15) is 8.42 Å². The van der Waals surface area contributed by atoms with E-state index in [4.69, 9.17) is 11.6 Å². The van der Waals surface area contributed by atoms with E-state index in [0.29, 0.717) is 16.9 Å². The molecule has 2 fully saturated rings. The Hall–Kier alpha value is -0.890. The predicted molar refractivity (Wildman–Crippen MR) is 82.1 cm³/mol. The average Bonchev–Trinajstić information content (AvgIpc) is 3.03. The highest BCUT2D eigenvalue weighted by molar-refractivity contribution is 7.89. The molecule has 0 spiro atoms. The topological polar surface area (TPSA) is 74.3 Å². The third-order valence-corrected chi connectivity index (χ3v) is 6.02. The van der Waals surface area contributed by atoms with Crippen LogP contribution in [0.3, 0.4) is 0 Å². The number of nitrogens with one attached hydrogen (secondary N) is 2. The van der Waals surface area contributed by atoms with Crippen molar-refractivity contribution in [2.75, 3.05) is 25.5 Å². The second-order valence-corrected chi connectivity index (χ2v) is 7.63. The molecule has 0 bridgehead atoms. The molecule has 0 saturated carbocycles. The maximum atomic E-state index is 12.5. The second kappa shape index (κ2) is 5.72. The van der Waals surface area contributed by atoms with Crippen molar-refractivity contribution in [3.05, 3.63) is 17.3 Å². The number of aromatic nitrogens is 1. The monoisotopic (exact) mass is 330 g/mol. The first-order valence-electron chi connectivity index (χ1n) is 7.11. The van der Waals surface area contributed by atoms with Gasteiger partial charge in [0.15, 0.2) is 0 Å². The van der Waals surface area contributed by atoms with E-state index in [-0.39, 0.29) is 10.9 Å². The van der Waals surface area contributed by atoms with Gasteiger partial charge in [-0.05, 0) is 31.9 Å². The van der Waals surface area contributed by atoms with Crippen molar-refractivity contribution < 1.29 is 8.42 Å². The van der Waals surface area contributed by atoms with Crippen molar-refractivity contribution >= 4 is 27.4 Å². The van der Waals surface area contributed by atoms with Crippen LogP contribution in [0.15, 0.2) is 17.2 Å². The highest BCUT2D eigenvalue weighted by atomic mass is 35.5. The highest BCUT2D eigenvalue weighted by Gasteiger charge is 2.39. The van der Waals surface area contributed by atoms with E-state index >= 15 is 0 Å². The number of nitrogens with zero attached hydrogens (tertiary/aromatic N) is 2. The van der Waals surface area contributed by atoms with Crippen LogP contribution in [0.25, 0.3) is 0 Å². The van der Waals surface area contributed by atoms with Gasteiger partial charge in [-0.3, -0.25) is 4.90 Å². The van der Waals surface area contributed by atoms with Gasteiger partial charge in [0.1, 0.15) is 10.7 Å². The Morgan fingerprint density at radius 2 is 2.19 bits per heavy atom. The van der Waals surface area contributed by atoms with Gasteiger partial charge >= 0.3 is 0 Å². The molecule has 0 radical (unpaired) electrons. The molecule has 3 heterocycles. The molecule has 0 amide bonds. The van der Waals surface area contributed by atoms with Gasteiger partial charge in [-0.2, -0.15) is 0 Å². The van der Waals surface area contributed by atoms with E-state index in [2.05, 4.69) is 19.9 Å². The lowest BCUT2D eigenvalue weighted by molar-refractivity contribution is 0.309. The first-order valence-corrected chi connectivity index (χ1v) is 8.97. The van der Waals surface area contributed by atoms with E-state index < -0.39 is 10.0 Å². The summed E-state index contributed by atoms with van der Waals surface area (Å²) >= 11 is 6.02. The Labute approximate surface area is 129 Å². The quantitative estimate of drug-likeness (QED) is 0.870. The average molecular weight is 331 g/mol. The van der Waals surface area contributed by atoms with Crippen LogP contribution in [0.4, 0.5) is 5.82 Å². The molecule has 0 aliphatic carbocycles. The van der Waals surface area contributed by atoms with Crippen molar-refractivity contribution in [3.63, 3.8) is 0 Å². The van der Waals surface area contributed by atoms with Gasteiger partial charge in [0.2, 0.25) is 10.0 Å². The molecule has 2 saturated heterocycles. The lowest BCUT2D eigenvalue weighted by Gasteiger charge is -2.21. The third kappa shape index (κ3) is 2.88. The molecule has 2 aliphatic rings. The first kappa shape index (κ1) is 15.0. The van der Waals surface area contributed by atoms with Crippen molar-refractivity contribution in [1.82, 2.24) is 14.6 Å². The second-order valence-electron chi connectivity index (χ2n) is 5.51. The van der Waals surface area contributed by atoms with Gasteiger partial charge < -0.3 is 5.32 Å². The minimum absolute atomic E-state index is 0.0137. The van der Waals surface area contributed by atoms with E-state index in [1.165, 1.54) is 12.3 Å². The van der Waals surface area contributed by atoms with Crippen LogP contribution in [0.2, 0.25) is 5.02 Å². The first-order chi connectivity index (χ1) is 10.0. The zero-order valence-corrected chi connectivity index (χ0v) is 13.4. The van der Waals surface area contributed by atoms with Crippen molar-refractivity contribution in [2.45, 2.75) is 36.2 Å². The number of rotatable bonds is 4. The predicted octanol–water partition coefficient (Wildman–Crippen LogP) is 1.29. The Kier molecular flexibility index (Phi) is 4.09. The Balaban J connectivity index is 1.79. The summed E-state index contributed by atoms with van der Waals surface area (Å²) in [6, 6.07) is 1.75. The maximum absolute atomic E-state index is 12.5. The highest BCUT2D eigenvalue weighted by Crippen LogP contribution is 2.29. The van der Waals surface area contributed by atoms with Gasteiger partial charge in [-0.15, -0.1) is 0 Å². The van der Waals surface area contributed by atoms with Gasteiger partial charge in [0.05, 0.1) is 5.02 Å². The van der Waals surface area contributed by atoms with Crippen LogP contribution in [0, 0.1) is 0 Å². The SMILES string of the molecule is CNc1ncc(S(=O)(=O)NC2CCN3CCCC23)cc1Cl. The lowest BCUT2D eigenvalue weighted by Crippen LogP contribution is -2.42. The van der Waals surface area contributed by atoms with Crippen LogP contribution in [0.1, 0.15) is 19.3 Å². The van der Waals surface area contributed by atoms with Crippen molar-refractivity contribution in [1.29, 1.82) is 0 Å². The van der Waals surface area contributed by atoms with Crippen LogP contribution >= 0.6 is 11.6 Å². The summed E-state index contributed by atoms with van der Waals surface area (Å²) in [6.45, 7) is 2.04. The summed E-state index contributed by atoms with van der Waals surface area (Å²) in [4.78, 5) is 6.51. The molecule has 6 nitrogen and oxygen atoms in total. The smallest absolute Gasteiger partial charge is 0.242 e. The van der Waals surface area contributed by atoms with Gasteiger partial charge in [-0.1, -0.05) is 11.6 Å². The van der Waals surface area contributed by atoms with Crippen LogP contribution in [0.5, 0.6) is 0 Å². The number of anilines is 1. The summed E-state index contributed by atoms with van der Waals surface area (Å²) in [5.74, 6) is 0.471. The number of halogens is 1. The fraction of sp³-hybridized carbons (Fsp3) is 0.615. The van der Waals surface area contributed by atoms with Gasteiger partial charge in [-0.25, -0.2) is 18.1 Å². The fourth-order valence-corrected chi connectivity index (χ4v) is 4.84. The van der Waals surface area contributed by atoms with Gasteiger partial charge in [0.25, 0.3) is 0 Å². The fourth-order valence-electron chi connectivity index (χ4n) is 3.24. The number of hydrogen-bond donors (Lipinski definition) is 2. The molecule has 21 heavy (non-hydrogen) atoms. The standard InChI is InChI=1S/C13H19ClN4O2S/c1-15-13-10(14)7-9(8-16-13)21(19,20)17-11-4-6-18-5-2-3-12(11)18/h7-8,11-12,17H,2-6H2,1H3,(H,15,16). The zero-order valence-electron chi connectivity index (χ0n) is 11.8. The van der Waals surface area contributed by atoms with E-state index in [1.54, 1.807) is 7.05 Å². The number of pyridine rings is 1. The molecule has 2 unspecified atom stereocenters. The molecular weight excluding hydrogens is 312 g/mol. The summed E-state index contributed by atoms with van der Waals surface area (Å²) in [5, 5.41) is 3.11. The lowest BCUT2D eigenvalue weighted by atomic mass is 10.1. The summed E-state index contributed by atoms with van der Waals surface area (Å²) in [7, 11) is -1.89. The Morgan fingerprint density at radius 3 is 2.90 bits per heavy atom. The minimum Gasteiger partial charge on any atom is -0.372 e. The van der Waals surface area contributed by atoms with Crippen LogP contribution in [-0.4, -0.2) is 50.5 Å². The summed E-state index contributed by atoms with van der Waals surface area (Å²) in [6.07, 6.45) is 4.40. The van der Waals surface area contributed by atoms with Gasteiger partial charge in [0, 0.05) is 31.9 Å². The molecule has 3 rings (SSSR count). The van der Waals surface area contributed by atoms with E-state index in [1.807, 2.05) is 0 Å². The molecule has 2 atom stereocenters. The molecule has 2 aliphatic heterocycles. The number of fused-ring (bicyclic) bond motifs is 1. The third-order valence-electron chi connectivity index (χ3n) is 4.28. The normalized spacial score (nSPS) is 26.0. The summed E-state index contributed by atoms with van der Waals surface area (Å²) < 4.78 is 27.8. The molecule has 0 aromatic carbocycles. The van der Waals surface area contributed by atoms with Crippen LogP contribution in [-0.2, 0) is 10.0 Å². The molecule has 1 aromatic heterocycles. The van der Waals surface area contributed by atoms with E-state index in [0.717, 1.165) is 32.4 Å². The minimum atomic E-state index is -3.58. The maximum Gasteiger partial charge on any atom is 0.242 e. The molecule has 8 heteroatoms. The molecule has 1 aromatic rings. The number of hydrogen-bond acceptors (Lipinski definition) is 5. The van der Waals surface area contributed by atoms with Crippen molar-refractivity contribution in [3.8, 4) is 0 Å². The molecule has 116 valence electrons. The molecular formula is C13H19ClN4O2S.